The summed E-state index contributed by atoms with van der Waals surface area (Å²) in [5.41, 5.74) is 5.53. The number of halogens is 1. The smallest absolute Gasteiger partial charge is 0.329 e. The Bertz CT molecular complexity index is 1210. The first-order valence-corrected chi connectivity index (χ1v) is 11.6. The molecule has 0 fully saturated rings. The van der Waals surface area contributed by atoms with E-state index in [-0.39, 0.29) is 0 Å². The number of nitrogens with zero attached hydrogens (tertiary/aromatic N) is 1. The normalized spacial score (nSPS) is 10.6. The quantitative estimate of drug-likeness (QED) is 0.230. The number of hydrogen-bond donors (Lipinski definition) is 2. The number of hydrogen-bond acceptors (Lipinski definition) is 6. The second-order valence-corrected chi connectivity index (χ2v) is 8.21. The monoisotopic (exact) mass is 539 g/mol. The number of anilines is 1. The molecule has 0 aromatic heterocycles. The first-order valence-electron chi connectivity index (χ1n) is 10.8. The molecule has 0 aliphatic heterocycles. The molecule has 0 aliphatic rings. The third-order valence-corrected chi connectivity index (χ3v) is 5.49. The molecule has 0 saturated carbocycles. The number of carbonyl (C=O) groups excluding carboxylic acids is 2. The molecule has 0 aliphatic carbocycles. The highest BCUT2D eigenvalue weighted by Gasteiger charge is 2.14. The van der Waals surface area contributed by atoms with Gasteiger partial charge in [0.25, 0.3) is 0 Å². The fraction of sp³-hybridized carbons (Fsp3) is 0.192. The van der Waals surface area contributed by atoms with E-state index in [2.05, 4.69) is 31.8 Å². The van der Waals surface area contributed by atoms with Crippen molar-refractivity contribution in [2.24, 2.45) is 5.10 Å². The molecule has 0 saturated heterocycles. The molecule has 182 valence electrons. The minimum absolute atomic E-state index is 0.387. The van der Waals surface area contributed by atoms with E-state index >= 15 is 0 Å². The average molecular weight is 540 g/mol. The molecule has 2 amide bonds. The fourth-order valence-electron chi connectivity index (χ4n) is 3.07. The minimum atomic E-state index is -0.903. The van der Waals surface area contributed by atoms with Crippen LogP contribution in [0.5, 0.6) is 17.2 Å². The van der Waals surface area contributed by atoms with Gasteiger partial charge in [-0.25, -0.2) is 5.43 Å². The molecule has 3 aromatic rings. The molecule has 0 radical (unpaired) electrons. The first kappa shape index (κ1) is 25.8. The van der Waals surface area contributed by atoms with Crippen molar-refractivity contribution in [1.82, 2.24) is 5.43 Å². The Morgan fingerprint density at radius 2 is 1.77 bits per heavy atom. The lowest BCUT2D eigenvalue weighted by Gasteiger charge is -2.15. The van der Waals surface area contributed by atoms with Gasteiger partial charge in [0.15, 0.2) is 11.5 Å². The summed E-state index contributed by atoms with van der Waals surface area (Å²) in [5, 5.41) is 6.38. The second kappa shape index (κ2) is 12.6. The molecular formula is C26H26BrN3O5. The van der Waals surface area contributed by atoms with E-state index in [4.69, 9.17) is 14.2 Å². The Kier molecular flexibility index (Phi) is 9.25. The van der Waals surface area contributed by atoms with Crippen LogP contribution < -0.4 is 25.0 Å². The summed E-state index contributed by atoms with van der Waals surface area (Å²) in [5.74, 6) is -0.0142. The molecule has 0 spiro atoms. The number of benzene rings is 3. The van der Waals surface area contributed by atoms with Crippen molar-refractivity contribution < 1.29 is 23.8 Å². The van der Waals surface area contributed by atoms with Gasteiger partial charge in [-0.2, -0.15) is 5.10 Å². The summed E-state index contributed by atoms with van der Waals surface area (Å²) in [6, 6.07) is 18.1. The van der Waals surface area contributed by atoms with Crippen molar-refractivity contribution in [2.75, 3.05) is 19.0 Å². The molecule has 0 atom stereocenters. The van der Waals surface area contributed by atoms with Crippen molar-refractivity contribution >= 4 is 39.6 Å². The van der Waals surface area contributed by atoms with Crippen molar-refractivity contribution in [3.63, 3.8) is 0 Å². The van der Waals surface area contributed by atoms with Crippen LogP contribution >= 0.6 is 15.9 Å². The van der Waals surface area contributed by atoms with E-state index in [1.54, 1.807) is 43.5 Å². The SMILES string of the molecule is CCOc1cc(C=NNC(=O)C(=O)Nc2ccc(OC)cc2)cc(Br)c1OCc1ccccc1C. The largest absolute Gasteiger partial charge is 0.497 e. The highest BCUT2D eigenvalue weighted by molar-refractivity contribution is 9.10. The Labute approximate surface area is 212 Å². The van der Waals surface area contributed by atoms with E-state index < -0.39 is 11.8 Å². The number of hydrazone groups is 1. The van der Waals surface area contributed by atoms with Crippen LogP contribution in [0, 0.1) is 6.92 Å². The van der Waals surface area contributed by atoms with Gasteiger partial charge in [0.05, 0.1) is 24.4 Å². The third-order valence-electron chi connectivity index (χ3n) is 4.90. The van der Waals surface area contributed by atoms with Crippen LogP contribution in [0.4, 0.5) is 5.69 Å². The lowest BCUT2D eigenvalue weighted by molar-refractivity contribution is -0.136. The lowest BCUT2D eigenvalue weighted by atomic mass is 10.1. The second-order valence-electron chi connectivity index (χ2n) is 7.36. The maximum atomic E-state index is 12.1. The molecule has 0 heterocycles. The van der Waals surface area contributed by atoms with E-state index in [0.29, 0.717) is 46.2 Å². The number of amides is 2. The van der Waals surface area contributed by atoms with Crippen LogP contribution in [0.1, 0.15) is 23.6 Å². The Morgan fingerprint density at radius 1 is 1.03 bits per heavy atom. The van der Waals surface area contributed by atoms with E-state index in [9.17, 15) is 9.59 Å². The van der Waals surface area contributed by atoms with Crippen molar-refractivity contribution in [3.8, 4) is 17.2 Å². The maximum Gasteiger partial charge on any atom is 0.329 e. The summed E-state index contributed by atoms with van der Waals surface area (Å²) >= 11 is 3.52. The molecule has 35 heavy (non-hydrogen) atoms. The predicted molar refractivity (Wildman–Crippen MR) is 138 cm³/mol. The third kappa shape index (κ3) is 7.31. The fourth-order valence-corrected chi connectivity index (χ4v) is 3.64. The molecule has 2 N–H and O–H groups in total. The van der Waals surface area contributed by atoms with Crippen LogP contribution in [-0.4, -0.2) is 31.7 Å². The molecule has 0 bridgehead atoms. The lowest BCUT2D eigenvalue weighted by Crippen LogP contribution is -2.32. The highest BCUT2D eigenvalue weighted by atomic mass is 79.9. The Morgan fingerprint density at radius 3 is 2.46 bits per heavy atom. The Balaban J connectivity index is 1.64. The number of carbonyl (C=O) groups is 2. The summed E-state index contributed by atoms with van der Waals surface area (Å²) < 4.78 is 17.5. The molecule has 8 nitrogen and oxygen atoms in total. The van der Waals surface area contributed by atoms with Gasteiger partial charge in [0.2, 0.25) is 0 Å². The van der Waals surface area contributed by atoms with Crippen LogP contribution in [0.25, 0.3) is 0 Å². The zero-order valence-corrected chi connectivity index (χ0v) is 21.2. The summed E-state index contributed by atoms with van der Waals surface area (Å²) in [6.07, 6.45) is 1.41. The van der Waals surface area contributed by atoms with Crippen LogP contribution in [0.3, 0.4) is 0 Å². The van der Waals surface area contributed by atoms with Crippen LogP contribution in [0.15, 0.2) is 70.2 Å². The van der Waals surface area contributed by atoms with Gasteiger partial charge < -0.3 is 19.5 Å². The number of methoxy groups -OCH3 is 1. The molecule has 3 rings (SSSR count). The molecule has 9 heteroatoms. The van der Waals surface area contributed by atoms with Crippen molar-refractivity contribution in [1.29, 1.82) is 0 Å². The number of rotatable bonds is 9. The molecule has 3 aromatic carbocycles. The topological polar surface area (TPSA) is 98.2 Å². The maximum absolute atomic E-state index is 12.1. The standard InChI is InChI=1S/C26H26BrN3O5/c1-4-34-23-14-18(13-22(27)24(23)35-16-19-8-6-5-7-17(19)2)15-28-30-26(32)25(31)29-20-9-11-21(33-3)12-10-20/h5-15H,4,16H2,1-3H3,(H,29,31)(H,30,32). The summed E-state index contributed by atoms with van der Waals surface area (Å²) in [7, 11) is 1.54. The molecule has 0 unspecified atom stereocenters. The summed E-state index contributed by atoms with van der Waals surface area (Å²) in [6.45, 7) is 4.73. The van der Waals surface area contributed by atoms with Crippen LogP contribution in [-0.2, 0) is 16.2 Å². The van der Waals surface area contributed by atoms with Gasteiger partial charge in [-0.1, -0.05) is 24.3 Å². The Hall–Kier alpha value is -3.85. The first-order chi connectivity index (χ1) is 16.9. The van der Waals surface area contributed by atoms with Crippen LogP contribution in [0.2, 0.25) is 0 Å². The number of aryl methyl sites for hydroxylation is 1. The van der Waals surface area contributed by atoms with E-state index in [1.165, 1.54) is 6.21 Å². The van der Waals surface area contributed by atoms with Gasteiger partial charge in [0.1, 0.15) is 12.4 Å². The number of nitrogens with one attached hydrogen (secondary N) is 2. The zero-order valence-electron chi connectivity index (χ0n) is 19.6. The zero-order chi connectivity index (χ0) is 25.2. The molecular weight excluding hydrogens is 514 g/mol. The van der Waals surface area contributed by atoms with Gasteiger partial charge in [0, 0.05) is 5.69 Å². The van der Waals surface area contributed by atoms with Crippen molar-refractivity contribution in [2.45, 2.75) is 20.5 Å². The summed E-state index contributed by atoms with van der Waals surface area (Å²) in [4.78, 5) is 24.2. The van der Waals surface area contributed by atoms with Gasteiger partial charge in [-0.15, -0.1) is 0 Å². The van der Waals surface area contributed by atoms with E-state index in [0.717, 1.165) is 11.1 Å². The number of ether oxygens (including phenoxy) is 3. The minimum Gasteiger partial charge on any atom is -0.497 e. The van der Waals surface area contributed by atoms with Gasteiger partial charge in [-0.3, -0.25) is 9.59 Å². The van der Waals surface area contributed by atoms with Gasteiger partial charge in [-0.05, 0) is 82.9 Å². The predicted octanol–water partition coefficient (Wildman–Crippen LogP) is 4.83. The van der Waals surface area contributed by atoms with Gasteiger partial charge >= 0.3 is 11.8 Å². The van der Waals surface area contributed by atoms with Crippen molar-refractivity contribution in [3.05, 3.63) is 81.8 Å². The highest BCUT2D eigenvalue weighted by Crippen LogP contribution is 2.37. The average Bonchev–Trinajstić information content (AvgIpc) is 2.85. The van der Waals surface area contributed by atoms with E-state index in [1.807, 2.05) is 38.1 Å².